The molecule has 0 aliphatic carbocycles. The van der Waals surface area contributed by atoms with E-state index in [1.54, 1.807) is 11.4 Å². The summed E-state index contributed by atoms with van der Waals surface area (Å²) in [6, 6.07) is 2.62. The van der Waals surface area contributed by atoms with Gasteiger partial charge in [0.05, 0.1) is 22.9 Å². The Kier molecular flexibility index (Phi) is 4.61. The summed E-state index contributed by atoms with van der Waals surface area (Å²) >= 11 is 1.13. The third-order valence-electron chi connectivity index (χ3n) is 4.11. The van der Waals surface area contributed by atoms with Crippen LogP contribution in [0, 0.1) is 0 Å². The zero-order valence-corrected chi connectivity index (χ0v) is 14.4. The molecule has 0 radical (unpaired) electrons. The monoisotopic (exact) mass is 365 g/mol. The molecule has 0 amide bonds. The average molecular weight is 365 g/mol. The first-order valence-electron chi connectivity index (χ1n) is 7.21. The highest BCUT2D eigenvalue weighted by atomic mass is 32.2. The molecule has 124 valence electrons. The summed E-state index contributed by atoms with van der Waals surface area (Å²) in [5.74, 6) is -0.439. The highest BCUT2D eigenvalue weighted by Crippen LogP contribution is 2.28. The number of ether oxygens (including phenoxy) is 1. The maximum absolute atomic E-state index is 12.7. The van der Waals surface area contributed by atoms with E-state index >= 15 is 0 Å². The molecule has 0 unspecified atom stereocenters. The van der Waals surface area contributed by atoms with Gasteiger partial charge in [-0.15, -0.1) is 11.3 Å². The highest BCUT2D eigenvalue weighted by molar-refractivity contribution is 7.97. The lowest BCUT2D eigenvalue weighted by molar-refractivity contribution is 0.108. The van der Waals surface area contributed by atoms with Crippen molar-refractivity contribution in [3.05, 3.63) is 17.5 Å². The summed E-state index contributed by atoms with van der Waals surface area (Å²) in [6.07, 6.45) is 1.97. The number of rotatable bonds is 5. The van der Waals surface area contributed by atoms with E-state index < -0.39 is 31.0 Å². The van der Waals surface area contributed by atoms with Gasteiger partial charge in [-0.05, 0) is 24.3 Å². The van der Waals surface area contributed by atoms with E-state index in [9.17, 15) is 16.8 Å². The molecule has 2 aliphatic heterocycles. The lowest BCUT2D eigenvalue weighted by Gasteiger charge is -2.21. The third kappa shape index (κ3) is 3.38. The summed E-state index contributed by atoms with van der Waals surface area (Å²) in [5, 5.41) is 3.89. The summed E-state index contributed by atoms with van der Waals surface area (Å²) in [7, 11) is -6.97. The number of sulfone groups is 2. The van der Waals surface area contributed by atoms with Crippen molar-refractivity contribution in [1.82, 2.24) is 5.32 Å². The Labute approximate surface area is 134 Å². The minimum Gasteiger partial charge on any atom is -0.377 e. The van der Waals surface area contributed by atoms with Crippen LogP contribution in [0.1, 0.15) is 12.8 Å². The Bertz CT molecular complexity index is 705. The van der Waals surface area contributed by atoms with Crippen molar-refractivity contribution >= 4 is 31.0 Å². The fourth-order valence-corrected chi connectivity index (χ4v) is 8.91. The molecule has 2 saturated heterocycles. The number of thiophene rings is 1. The van der Waals surface area contributed by atoms with Crippen molar-refractivity contribution in [2.24, 2.45) is 0 Å². The van der Waals surface area contributed by atoms with Gasteiger partial charge in [-0.25, -0.2) is 16.8 Å². The molecule has 0 spiro atoms. The molecule has 9 heteroatoms. The molecule has 0 bridgehead atoms. The lowest BCUT2D eigenvalue weighted by Crippen LogP contribution is -2.45. The Morgan fingerprint density at radius 3 is 2.82 bits per heavy atom. The number of hydrogen-bond donors (Lipinski definition) is 1. The molecule has 3 atom stereocenters. The van der Waals surface area contributed by atoms with E-state index in [4.69, 9.17) is 4.74 Å². The van der Waals surface area contributed by atoms with E-state index in [1.807, 2.05) is 0 Å². The van der Waals surface area contributed by atoms with E-state index in [2.05, 4.69) is 5.32 Å². The van der Waals surface area contributed by atoms with Crippen molar-refractivity contribution < 1.29 is 21.6 Å². The van der Waals surface area contributed by atoms with Crippen LogP contribution in [0.5, 0.6) is 0 Å². The Morgan fingerprint density at radius 2 is 2.18 bits per heavy atom. The quantitative estimate of drug-likeness (QED) is 0.815. The van der Waals surface area contributed by atoms with Gasteiger partial charge in [0.15, 0.2) is 19.7 Å². The van der Waals surface area contributed by atoms with Crippen LogP contribution in [0.4, 0.5) is 0 Å². The van der Waals surface area contributed by atoms with Gasteiger partial charge in [0.25, 0.3) is 0 Å². The predicted octanol–water partition coefficient (Wildman–Crippen LogP) is 0.456. The van der Waals surface area contributed by atoms with E-state index in [0.717, 1.165) is 24.2 Å². The van der Waals surface area contributed by atoms with Gasteiger partial charge in [-0.2, -0.15) is 0 Å². The second kappa shape index (κ2) is 6.20. The SMILES string of the molecule is O=S1(=O)C[C@H](NC[C@@H]2CCCO2)[C@@H](S(=O)(=O)c2cccs2)C1. The second-order valence-corrected chi connectivity index (χ2v) is 11.2. The first kappa shape index (κ1) is 16.4. The normalized spacial score (nSPS) is 31.5. The molecule has 2 aliphatic rings. The highest BCUT2D eigenvalue weighted by Gasteiger charge is 2.46. The number of hydrogen-bond acceptors (Lipinski definition) is 7. The van der Waals surface area contributed by atoms with Crippen molar-refractivity contribution in [3.63, 3.8) is 0 Å². The van der Waals surface area contributed by atoms with Crippen molar-refractivity contribution in [2.75, 3.05) is 24.7 Å². The second-order valence-electron chi connectivity index (χ2n) is 5.74. The fourth-order valence-electron chi connectivity index (χ4n) is 2.97. The number of nitrogens with one attached hydrogen (secondary N) is 1. The Balaban J connectivity index is 1.77. The first-order valence-corrected chi connectivity index (χ1v) is 11.5. The molecule has 3 heterocycles. The molecular weight excluding hydrogens is 346 g/mol. The molecular formula is C13H19NO5S3. The summed E-state index contributed by atoms with van der Waals surface area (Å²) in [5.41, 5.74) is 0. The lowest BCUT2D eigenvalue weighted by atomic mass is 10.2. The molecule has 1 aromatic rings. The molecule has 0 aromatic carbocycles. The Hall–Kier alpha value is -0.480. The summed E-state index contributed by atoms with van der Waals surface area (Å²) in [4.78, 5) is 0. The van der Waals surface area contributed by atoms with Crippen LogP contribution >= 0.6 is 11.3 Å². The topological polar surface area (TPSA) is 89.5 Å². The minimum atomic E-state index is -3.63. The maximum Gasteiger partial charge on any atom is 0.193 e. The van der Waals surface area contributed by atoms with Gasteiger partial charge in [0.1, 0.15) is 4.21 Å². The van der Waals surface area contributed by atoms with Crippen molar-refractivity contribution in [3.8, 4) is 0 Å². The zero-order chi connectivity index (χ0) is 15.8. The molecule has 3 rings (SSSR count). The van der Waals surface area contributed by atoms with Gasteiger partial charge >= 0.3 is 0 Å². The maximum atomic E-state index is 12.7. The standard InChI is InChI=1S/C13H19NO5S3/c15-21(16)8-11(14-7-10-3-1-5-19-10)12(9-21)22(17,18)13-4-2-6-20-13/h2,4,6,10-12,14H,1,3,5,7-9H2/t10-,11-,12-/m0/s1. The molecule has 1 aromatic heterocycles. The largest absolute Gasteiger partial charge is 0.377 e. The minimum absolute atomic E-state index is 0.0494. The Morgan fingerprint density at radius 1 is 1.36 bits per heavy atom. The van der Waals surface area contributed by atoms with E-state index in [1.165, 1.54) is 6.07 Å². The molecule has 2 fully saturated rings. The van der Waals surface area contributed by atoms with E-state index in [0.29, 0.717) is 13.2 Å². The fraction of sp³-hybridized carbons (Fsp3) is 0.692. The van der Waals surface area contributed by atoms with Crippen molar-refractivity contribution in [1.29, 1.82) is 0 Å². The van der Waals surface area contributed by atoms with Gasteiger partial charge in [0, 0.05) is 19.2 Å². The van der Waals surface area contributed by atoms with Gasteiger partial charge in [0.2, 0.25) is 0 Å². The molecule has 0 saturated carbocycles. The third-order valence-corrected chi connectivity index (χ3v) is 9.69. The van der Waals surface area contributed by atoms with Gasteiger partial charge in [-0.3, -0.25) is 0 Å². The van der Waals surface area contributed by atoms with Crippen LogP contribution < -0.4 is 5.32 Å². The molecule has 1 N–H and O–H groups in total. The summed E-state index contributed by atoms with van der Waals surface area (Å²) in [6.45, 7) is 1.21. The molecule has 22 heavy (non-hydrogen) atoms. The van der Waals surface area contributed by atoms with E-state index in [-0.39, 0.29) is 21.8 Å². The zero-order valence-electron chi connectivity index (χ0n) is 12.0. The van der Waals surface area contributed by atoms with Gasteiger partial charge < -0.3 is 10.1 Å². The van der Waals surface area contributed by atoms with Crippen LogP contribution in [0.2, 0.25) is 0 Å². The van der Waals surface area contributed by atoms with Crippen LogP contribution in [0.15, 0.2) is 21.7 Å². The van der Waals surface area contributed by atoms with Crippen LogP contribution in [-0.2, 0) is 24.4 Å². The average Bonchev–Trinajstić information content (AvgIpc) is 3.17. The first-order chi connectivity index (χ1) is 10.4. The smallest absolute Gasteiger partial charge is 0.193 e. The van der Waals surface area contributed by atoms with Crippen molar-refractivity contribution in [2.45, 2.75) is 34.4 Å². The molecule has 6 nitrogen and oxygen atoms in total. The van der Waals surface area contributed by atoms with Crippen LogP contribution in [0.25, 0.3) is 0 Å². The van der Waals surface area contributed by atoms with Gasteiger partial charge in [-0.1, -0.05) is 6.07 Å². The summed E-state index contributed by atoms with van der Waals surface area (Å²) < 4.78 is 54.9. The predicted molar refractivity (Wildman–Crippen MR) is 84.7 cm³/mol. The van der Waals surface area contributed by atoms with Crippen LogP contribution in [0.3, 0.4) is 0 Å². The van der Waals surface area contributed by atoms with Crippen LogP contribution in [-0.4, -0.2) is 58.9 Å².